The first kappa shape index (κ1) is 14.0. The van der Waals surface area contributed by atoms with E-state index in [0.29, 0.717) is 0 Å². The summed E-state index contributed by atoms with van der Waals surface area (Å²) in [5.41, 5.74) is -1.46. The highest BCUT2D eigenvalue weighted by molar-refractivity contribution is 5.73. The van der Waals surface area contributed by atoms with Gasteiger partial charge in [-0.3, -0.25) is 4.79 Å². The van der Waals surface area contributed by atoms with Gasteiger partial charge in [0, 0.05) is 0 Å². The van der Waals surface area contributed by atoms with E-state index >= 15 is 0 Å². The van der Waals surface area contributed by atoms with Crippen LogP contribution in [0, 0.1) is 11.3 Å². The lowest BCUT2D eigenvalue weighted by Crippen LogP contribution is -2.13. The van der Waals surface area contributed by atoms with Crippen LogP contribution in [0.4, 0.5) is 13.2 Å². The molecule has 4 nitrogen and oxygen atoms in total. The minimum absolute atomic E-state index is 0.115. The first-order chi connectivity index (χ1) is 8.38. The Morgan fingerprint density at radius 3 is 2.67 bits per heavy atom. The molecule has 0 radical (unpaired) electrons. The summed E-state index contributed by atoms with van der Waals surface area (Å²) in [5.74, 6) is -0.615. The molecule has 1 aromatic heterocycles. The van der Waals surface area contributed by atoms with E-state index in [-0.39, 0.29) is 18.6 Å². The van der Waals surface area contributed by atoms with Crippen molar-refractivity contribution < 1.29 is 22.7 Å². The standard InChI is InChI=1S/C11H9F3N2O2/c1-2-18-10(17)5-7-3-4-9(11(12,13)14)16-8(7)6-15/h3-4H,2,5H2,1H3. The lowest BCUT2D eigenvalue weighted by Gasteiger charge is -2.08. The SMILES string of the molecule is CCOC(=O)Cc1ccc(C(F)(F)F)nc1C#N. The van der Waals surface area contributed by atoms with Crippen LogP contribution in [-0.4, -0.2) is 17.6 Å². The lowest BCUT2D eigenvalue weighted by atomic mass is 10.1. The minimum Gasteiger partial charge on any atom is -0.466 e. The zero-order chi connectivity index (χ0) is 13.8. The summed E-state index contributed by atoms with van der Waals surface area (Å²) >= 11 is 0. The number of hydrogen-bond acceptors (Lipinski definition) is 4. The number of ether oxygens (including phenoxy) is 1. The first-order valence-electron chi connectivity index (χ1n) is 5.01. The van der Waals surface area contributed by atoms with E-state index < -0.39 is 23.5 Å². The summed E-state index contributed by atoms with van der Waals surface area (Å²) in [6, 6.07) is 3.33. The average Bonchev–Trinajstić information content (AvgIpc) is 2.28. The number of halogens is 3. The molecule has 1 heterocycles. The normalized spacial score (nSPS) is 10.8. The van der Waals surface area contributed by atoms with Crippen LogP contribution >= 0.6 is 0 Å². The maximum Gasteiger partial charge on any atom is 0.433 e. The first-order valence-corrected chi connectivity index (χ1v) is 5.01. The van der Waals surface area contributed by atoms with Gasteiger partial charge in [-0.2, -0.15) is 18.4 Å². The van der Waals surface area contributed by atoms with E-state index in [0.717, 1.165) is 12.1 Å². The van der Waals surface area contributed by atoms with E-state index in [1.807, 2.05) is 0 Å². The predicted octanol–water partition coefficient (Wildman–Crippen LogP) is 2.08. The van der Waals surface area contributed by atoms with Crippen LogP contribution in [0.15, 0.2) is 12.1 Å². The number of carbonyl (C=O) groups excluding carboxylic acids is 1. The largest absolute Gasteiger partial charge is 0.466 e. The molecule has 0 N–H and O–H groups in total. The highest BCUT2D eigenvalue weighted by atomic mass is 19.4. The zero-order valence-electron chi connectivity index (χ0n) is 9.41. The van der Waals surface area contributed by atoms with Gasteiger partial charge < -0.3 is 4.74 Å². The topological polar surface area (TPSA) is 63.0 Å². The maximum absolute atomic E-state index is 12.4. The molecule has 0 aromatic carbocycles. The molecule has 0 bridgehead atoms. The molecular weight excluding hydrogens is 249 g/mol. The molecule has 0 unspecified atom stereocenters. The summed E-state index contributed by atoms with van der Waals surface area (Å²) in [6.07, 6.45) is -4.89. The summed E-state index contributed by atoms with van der Waals surface area (Å²) in [5, 5.41) is 8.72. The Morgan fingerprint density at radius 1 is 1.50 bits per heavy atom. The minimum atomic E-state index is -4.62. The third-order valence-corrected chi connectivity index (χ3v) is 2.02. The molecule has 0 aliphatic heterocycles. The number of nitrogens with zero attached hydrogens (tertiary/aromatic N) is 2. The molecule has 1 rings (SSSR count). The Balaban J connectivity index is 3.02. The molecule has 18 heavy (non-hydrogen) atoms. The van der Waals surface area contributed by atoms with Crippen molar-refractivity contribution in [1.82, 2.24) is 4.98 Å². The van der Waals surface area contributed by atoms with E-state index in [4.69, 9.17) is 5.26 Å². The van der Waals surface area contributed by atoms with Crippen LogP contribution in [0.5, 0.6) is 0 Å². The molecule has 0 aliphatic carbocycles. The number of hydrogen-bond donors (Lipinski definition) is 0. The molecule has 1 aromatic rings. The van der Waals surface area contributed by atoms with Gasteiger partial charge in [0.15, 0.2) is 0 Å². The molecule has 0 amide bonds. The number of alkyl halides is 3. The summed E-state index contributed by atoms with van der Waals surface area (Å²) in [6.45, 7) is 1.77. The van der Waals surface area contributed by atoms with Crippen LogP contribution in [0.2, 0.25) is 0 Å². The Kier molecular flexibility index (Phi) is 4.26. The molecule has 96 valence electrons. The quantitative estimate of drug-likeness (QED) is 0.778. The molecule has 7 heteroatoms. The third kappa shape index (κ3) is 3.45. The van der Waals surface area contributed by atoms with Gasteiger partial charge in [-0.15, -0.1) is 0 Å². The second-order valence-corrected chi connectivity index (χ2v) is 3.30. The van der Waals surface area contributed by atoms with Gasteiger partial charge in [-0.25, -0.2) is 4.98 Å². The van der Waals surface area contributed by atoms with Crippen molar-refractivity contribution in [3.63, 3.8) is 0 Å². The van der Waals surface area contributed by atoms with Crippen molar-refractivity contribution in [1.29, 1.82) is 5.26 Å². The second kappa shape index (κ2) is 5.49. The van der Waals surface area contributed by atoms with Gasteiger partial charge >= 0.3 is 12.1 Å². The molecule has 0 spiro atoms. The Morgan fingerprint density at radius 2 is 2.17 bits per heavy atom. The van der Waals surface area contributed by atoms with Gasteiger partial charge in [-0.1, -0.05) is 6.07 Å². The molecule has 0 aliphatic rings. The van der Waals surface area contributed by atoms with E-state index in [9.17, 15) is 18.0 Å². The molecule has 0 fully saturated rings. The molecule has 0 atom stereocenters. The number of pyridine rings is 1. The molecule has 0 saturated carbocycles. The van der Waals surface area contributed by atoms with Crippen LogP contribution in [0.25, 0.3) is 0 Å². The van der Waals surface area contributed by atoms with Crippen LogP contribution in [0.3, 0.4) is 0 Å². The molecule has 0 saturated heterocycles. The second-order valence-electron chi connectivity index (χ2n) is 3.30. The molecular formula is C11H9F3N2O2. The summed E-state index contributed by atoms with van der Waals surface area (Å²) < 4.78 is 41.7. The van der Waals surface area contributed by atoms with Crippen LogP contribution in [-0.2, 0) is 22.1 Å². The number of nitriles is 1. The lowest BCUT2D eigenvalue weighted by molar-refractivity contribution is -0.142. The Hall–Kier alpha value is -2.10. The van der Waals surface area contributed by atoms with Gasteiger partial charge in [0.25, 0.3) is 0 Å². The van der Waals surface area contributed by atoms with Crippen molar-refractivity contribution in [2.75, 3.05) is 6.61 Å². The summed E-state index contributed by atoms with van der Waals surface area (Å²) in [4.78, 5) is 14.4. The monoisotopic (exact) mass is 258 g/mol. The fourth-order valence-electron chi connectivity index (χ4n) is 1.25. The van der Waals surface area contributed by atoms with Gasteiger partial charge in [0.05, 0.1) is 13.0 Å². The van der Waals surface area contributed by atoms with E-state index in [1.54, 1.807) is 6.92 Å². The number of rotatable bonds is 3. The highest BCUT2D eigenvalue weighted by Crippen LogP contribution is 2.28. The third-order valence-electron chi connectivity index (χ3n) is 2.02. The average molecular weight is 258 g/mol. The van der Waals surface area contributed by atoms with Crippen molar-refractivity contribution in [3.8, 4) is 6.07 Å². The Bertz CT molecular complexity index is 492. The van der Waals surface area contributed by atoms with E-state index in [2.05, 4.69) is 9.72 Å². The fourth-order valence-corrected chi connectivity index (χ4v) is 1.25. The van der Waals surface area contributed by atoms with Crippen molar-refractivity contribution >= 4 is 5.97 Å². The number of carbonyl (C=O) groups is 1. The van der Waals surface area contributed by atoms with Crippen molar-refractivity contribution in [2.24, 2.45) is 0 Å². The van der Waals surface area contributed by atoms with E-state index in [1.165, 1.54) is 6.07 Å². The zero-order valence-corrected chi connectivity index (χ0v) is 9.41. The summed E-state index contributed by atoms with van der Waals surface area (Å²) in [7, 11) is 0. The van der Waals surface area contributed by atoms with Crippen molar-refractivity contribution in [2.45, 2.75) is 19.5 Å². The Labute approximate surface area is 101 Å². The van der Waals surface area contributed by atoms with Gasteiger partial charge in [0.2, 0.25) is 0 Å². The van der Waals surface area contributed by atoms with Crippen molar-refractivity contribution in [3.05, 3.63) is 29.1 Å². The van der Waals surface area contributed by atoms with Gasteiger partial charge in [-0.05, 0) is 18.6 Å². The predicted molar refractivity (Wildman–Crippen MR) is 54.3 cm³/mol. The number of esters is 1. The van der Waals surface area contributed by atoms with Crippen LogP contribution < -0.4 is 0 Å². The van der Waals surface area contributed by atoms with Crippen LogP contribution in [0.1, 0.15) is 23.9 Å². The fraction of sp³-hybridized carbons (Fsp3) is 0.364. The smallest absolute Gasteiger partial charge is 0.433 e. The number of aromatic nitrogens is 1. The maximum atomic E-state index is 12.4. The van der Waals surface area contributed by atoms with Gasteiger partial charge in [0.1, 0.15) is 17.5 Å². The highest BCUT2D eigenvalue weighted by Gasteiger charge is 2.33.